The molecule has 2 aromatic rings. The Balaban J connectivity index is 2.18. The Bertz CT molecular complexity index is 517. The summed E-state index contributed by atoms with van der Waals surface area (Å²) in [5, 5.41) is 0.842. The Labute approximate surface area is 96.0 Å². The zero-order chi connectivity index (χ0) is 12.3. The van der Waals surface area contributed by atoms with Crippen molar-refractivity contribution in [2.45, 2.75) is 6.10 Å². The van der Waals surface area contributed by atoms with Crippen LogP contribution in [0.15, 0.2) is 34.9 Å². The summed E-state index contributed by atoms with van der Waals surface area (Å²) in [5.41, 5.74) is 0.732. The SMILES string of the molecule is O=C(OC(CF)CF)c1ccc2ccoc2c1. The summed E-state index contributed by atoms with van der Waals surface area (Å²) in [4.78, 5) is 11.5. The van der Waals surface area contributed by atoms with E-state index in [1.165, 1.54) is 18.4 Å². The number of hydrogen-bond acceptors (Lipinski definition) is 3. The van der Waals surface area contributed by atoms with Crippen LogP contribution in [0.4, 0.5) is 8.78 Å². The van der Waals surface area contributed by atoms with Crippen molar-refractivity contribution in [1.29, 1.82) is 0 Å². The average molecular weight is 240 g/mol. The Hall–Kier alpha value is -1.91. The molecule has 1 heterocycles. The minimum absolute atomic E-state index is 0.208. The maximum atomic E-state index is 12.2. The lowest BCUT2D eigenvalue weighted by Crippen LogP contribution is -2.22. The highest BCUT2D eigenvalue weighted by atomic mass is 19.1. The smallest absolute Gasteiger partial charge is 0.338 e. The van der Waals surface area contributed by atoms with Gasteiger partial charge in [0.05, 0.1) is 11.8 Å². The monoisotopic (exact) mass is 240 g/mol. The van der Waals surface area contributed by atoms with Crippen molar-refractivity contribution >= 4 is 16.9 Å². The molecule has 1 aromatic carbocycles. The highest BCUT2D eigenvalue weighted by molar-refractivity contribution is 5.93. The summed E-state index contributed by atoms with van der Waals surface area (Å²) in [6, 6.07) is 6.42. The number of carbonyl (C=O) groups is 1. The molecular weight excluding hydrogens is 230 g/mol. The van der Waals surface area contributed by atoms with Gasteiger partial charge in [0, 0.05) is 5.39 Å². The van der Waals surface area contributed by atoms with E-state index in [0.29, 0.717) is 5.58 Å². The van der Waals surface area contributed by atoms with Crippen LogP contribution >= 0.6 is 0 Å². The van der Waals surface area contributed by atoms with E-state index in [1.54, 1.807) is 12.1 Å². The topological polar surface area (TPSA) is 39.4 Å². The maximum absolute atomic E-state index is 12.2. The van der Waals surface area contributed by atoms with Gasteiger partial charge in [0.2, 0.25) is 0 Å². The Morgan fingerprint density at radius 1 is 1.29 bits per heavy atom. The third kappa shape index (κ3) is 2.43. The van der Waals surface area contributed by atoms with Crippen molar-refractivity contribution in [2.75, 3.05) is 13.3 Å². The third-order valence-electron chi connectivity index (χ3n) is 2.31. The molecule has 0 unspecified atom stereocenters. The first kappa shape index (κ1) is 11.6. The molecule has 90 valence electrons. The van der Waals surface area contributed by atoms with E-state index in [9.17, 15) is 13.6 Å². The molecule has 0 atom stereocenters. The Kier molecular flexibility index (Phi) is 3.37. The summed E-state index contributed by atoms with van der Waals surface area (Å²) < 4.78 is 34.1. The molecule has 0 fully saturated rings. The molecular formula is C12H10F2O3. The van der Waals surface area contributed by atoms with Crippen molar-refractivity contribution in [3.8, 4) is 0 Å². The van der Waals surface area contributed by atoms with Crippen LogP contribution in [0.1, 0.15) is 10.4 Å². The lowest BCUT2D eigenvalue weighted by molar-refractivity contribution is 0.0173. The molecule has 0 amide bonds. The van der Waals surface area contributed by atoms with Gasteiger partial charge in [0.15, 0.2) is 6.10 Å². The maximum Gasteiger partial charge on any atom is 0.338 e. The second-order valence-electron chi connectivity index (χ2n) is 3.51. The van der Waals surface area contributed by atoms with E-state index in [-0.39, 0.29) is 5.56 Å². The molecule has 5 heteroatoms. The van der Waals surface area contributed by atoms with E-state index in [4.69, 9.17) is 4.42 Å². The van der Waals surface area contributed by atoms with Crippen molar-refractivity contribution in [1.82, 2.24) is 0 Å². The van der Waals surface area contributed by atoms with E-state index in [1.807, 2.05) is 0 Å². The summed E-state index contributed by atoms with van der Waals surface area (Å²) >= 11 is 0. The van der Waals surface area contributed by atoms with E-state index in [2.05, 4.69) is 4.74 Å². The number of benzene rings is 1. The van der Waals surface area contributed by atoms with Crippen molar-refractivity contribution in [2.24, 2.45) is 0 Å². The predicted octanol–water partition coefficient (Wildman–Crippen LogP) is 2.90. The van der Waals surface area contributed by atoms with Crippen LogP contribution in [0.25, 0.3) is 11.0 Å². The van der Waals surface area contributed by atoms with E-state index in [0.717, 1.165) is 5.39 Å². The number of fused-ring (bicyclic) bond motifs is 1. The van der Waals surface area contributed by atoms with Crippen LogP contribution < -0.4 is 0 Å². The van der Waals surface area contributed by atoms with Gasteiger partial charge in [-0.05, 0) is 18.2 Å². The number of halogens is 2. The number of alkyl halides is 2. The van der Waals surface area contributed by atoms with Crippen LogP contribution in [0, 0.1) is 0 Å². The molecule has 0 saturated heterocycles. The molecule has 0 saturated carbocycles. The van der Waals surface area contributed by atoms with Crippen LogP contribution in [-0.2, 0) is 4.74 Å². The van der Waals surface area contributed by atoms with Crippen LogP contribution in [-0.4, -0.2) is 25.4 Å². The summed E-state index contributed by atoms with van der Waals surface area (Å²) in [6.07, 6.45) is 0.154. The minimum Gasteiger partial charge on any atom is -0.464 e. The van der Waals surface area contributed by atoms with Gasteiger partial charge < -0.3 is 9.15 Å². The summed E-state index contributed by atoms with van der Waals surface area (Å²) in [6.45, 7) is -2.07. The standard InChI is InChI=1S/C12H10F2O3/c13-6-10(7-14)17-12(15)9-2-1-8-3-4-16-11(8)5-9/h1-5,10H,6-7H2. The lowest BCUT2D eigenvalue weighted by atomic mass is 10.2. The van der Waals surface area contributed by atoms with Crippen LogP contribution in [0.2, 0.25) is 0 Å². The van der Waals surface area contributed by atoms with Gasteiger partial charge in [-0.3, -0.25) is 0 Å². The second-order valence-corrected chi connectivity index (χ2v) is 3.51. The number of rotatable bonds is 4. The fourth-order valence-electron chi connectivity index (χ4n) is 1.41. The quantitative estimate of drug-likeness (QED) is 0.771. The molecule has 17 heavy (non-hydrogen) atoms. The highest BCUT2D eigenvalue weighted by Gasteiger charge is 2.16. The number of ether oxygens (including phenoxy) is 1. The molecule has 0 radical (unpaired) electrons. The van der Waals surface area contributed by atoms with Crippen molar-refractivity contribution in [3.05, 3.63) is 36.1 Å². The Morgan fingerprint density at radius 2 is 2.06 bits per heavy atom. The molecule has 0 aliphatic rings. The zero-order valence-corrected chi connectivity index (χ0v) is 8.86. The van der Waals surface area contributed by atoms with Crippen LogP contribution in [0.5, 0.6) is 0 Å². The molecule has 3 nitrogen and oxygen atoms in total. The first-order valence-corrected chi connectivity index (χ1v) is 5.04. The minimum atomic E-state index is -1.34. The van der Waals surface area contributed by atoms with Gasteiger partial charge in [-0.1, -0.05) is 6.07 Å². The second kappa shape index (κ2) is 4.95. The first-order valence-electron chi connectivity index (χ1n) is 5.04. The average Bonchev–Trinajstić information content (AvgIpc) is 2.82. The van der Waals surface area contributed by atoms with Crippen molar-refractivity contribution in [3.63, 3.8) is 0 Å². The third-order valence-corrected chi connectivity index (χ3v) is 2.31. The number of hydrogen-bond donors (Lipinski definition) is 0. The molecule has 0 aliphatic carbocycles. The summed E-state index contributed by atoms with van der Waals surface area (Å²) in [5.74, 6) is -0.761. The predicted molar refractivity (Wildman–Crippen MR) is 57.4 cm³/mol. The molecule has 2 rings (SSSR count). The molecule has 0 aliphatic heterocycles. The zero-order valence-electron chi connectivity index (χ0n) is 8.86. The molecule has 0 spiro atoms. The van der Waals surface area contributed by atoms with Gasteiger partial charge in [-0.25, -0.2) is 13.6 Å². The number of carbonyl (C=O) groups excluding carboxylic acids is 1. The van der Waals surface area contributed by atoms with E-state index >= 15 is 0 Å². The van der Waals surface area contributed by atoms with Gasteiger partial charge >= 0.3 is 5.97 Å². The molecule has 0 bridgehead atoms. The molecule has 0 N–H and O–H groups in total. The molecule has 1 aromatic heterocycles. The van der Waals surface area contributed by atoms with Gasteiger partial charge in [0.1, 0.15) is 18.9 Å². The van der Waals surface area contributed by atoms with Gasteiger partial charge in [-0.15, -0.1) is 0 Å². The van der Waals surface area contributed by atoms with Crippen molar-refractivity contribution < 1.29 is 22.7 Å². The number of esters is 1. The van der Waals surface area contributed by atoms with Crippen LogP contribution in [0.3, 0.4) is 0 Å². The first-order chi connectivity index (χ1) is 8.24. The number of furan rings is 1. The van der Waals surface area contributed by atoms with Gasteiger partial charge in [0.25, 0.3) is 0 Å². The highest BCUT2D eigenvalue weighted by Crippen LogP contribution is 2.17. The lowest BCUT2D eigenvalue weighted by Gasteiger charge is -2.10. The Morgan fingerprint density at radius 3 is 2.76 bits per heavy atom. The van der Waals surface area contributed by atoms with Gasteiger partial charge in [-0.2, -0.15) is 0 Å². The normalized spacial score (nSPS) is 11.0. The largest absolute Gasteiger partial charge is 0.464 e. The fraction of sp³-hybridized carbons (Fsp3) is 0.250. The fourth-order valence-corrected chi connectivity index (χ4v) is 1.41. The summed E-state index contributed by atoms with van der Waals surface area (Å²) in [7, 11) is 0. The van der Waals surface area contributed by atoms with E-state index < -0.39 is 25.4 Å².